The summed E-state index contributed by atoms with van der Waals surface area (Å²) in [5.74, 6) is 0.619. The van der Waals surface area contributed by atoms with E-state index in [4.69, 9.17) is 10.5 Å². The molecule has 0 spiro atoms. The molecule has 0 amide bonds. The van der Waals surface area contributed by atoms with Crippen molar-refractivity contribution in [2.75, 3.05) is 13.2 Å². The van der Waals surface area contributed by atoms with Crippen LogP contribution in [0.25, 0.3) is 0 Å². The summed E-state index contributed by atoms with van der Waals surface area (Å²) in [5, 5.41) is 0. The molecule has 82 valence electrons. The van der Waals surface area contributed by atoms with Crippen molar-refractivity contribution in [1.29, 1.82) is 0 Å². The average Bonchev–Trinajstić information content (AvgIpc) is 3.04. The molecule has 0 atom stereocenters. The third-order valence-corrected chi connectivity index (χ3v) is 2.53. The molecule has 0 radical (unpaired) electrons. The third-order valence-electron chi connectivity index (χ3n) is 2.53. The fraction of sp³-hybridized carbons (Fsp3) is 0.636. The number of hydrogen-bond acceptors (Lipinski definition) is 4. The van der Waals surface area contributed by atoms with Crippen molar-refractivity contribution in [3.05, 3.63) is 17.5 Å². The van der Waals surface area contributed by atoms with E-state index in [0.717, 1.165) is 12.1 Å². The fourth-order valence-corrected chi connectivity index (χ4v) is 1.66. The summed E-state index contributed by atoms with van der Waals surface area (Å²) < 4.78 is 5.30. The second kappa shape index (κ2) is 4.57. The highest BCUT2D eigenvalue weighted by Gasteiger charge is 2.28. The Kier molecular flexibility index (Phi) is 3.16. The first-order valence-corrected chi connectivity index (χ1v) is 5.53. The van der Waals surface area contributed by atoms with E-state index in [1.165, 1.54) is 18.4 Å². The summed E-state index contributed by atoms with van der Waals surface area (Å²) >= 11 is 0. The van der Waals surface area contributed by atoms with E-state index < -0.39 is 0 Å². The van der Waals surface area contributed by atoms with Gasteiger partial charge in [-0.15, -0.1) is 0 Å². The summed E-state index contributed by atoms with van der Waals surface area (Å²) in [7, 11) is 0. The number of rotatable bonds is 5. The molecule has 15 heavy (non-hydrogen) atoms. The maximum absolute atomic E-state index is 5.56. The van der Waals surface area contributed by atoms with Crippen LogP contribution in [0, 0.1) is 0 Å². The smallest absolute Gasteiger partial charge is 0.316 e. The molecule has 1 aromatic heterocycles. The van der Waals surface area contributed by atoms with Gasteiger partial charge in [0, 0.05) is 12.1 Å². The van der Waals surface area contributed by atoms with Gasteiger partial charge in [0.1, 0.15) is 0 Å². The number of hydrogen-bond donors (Lipinski definition) is 1. The number of nitrogens with two attached hydrogens (primary N) is 1. The second-order valence-corrected chi connectivity index (χ2v) is 3.81. The van der Waals surface area contributed by atoms with E-state index in [1.54, 1.807) is 0 Å². The van der Waals surface area contributed by atoms with Crippen molar-refractivity contribution in [3.8, 4) is 6.01 Å². The summed E-state index contributed by atoms with van der Waals surface area (Å²) in [5.41, 5.74) is 7.90. The predicted octanol–water partition coefficient (Wildman–Crippen LogP) is 1.25. The van der Waals surface area contributed by atoms with Gasteiger partial charge in [-0.25, -0.2) is 4.98 Å². The summed E-state index contributed by atoms with van der Waals surface area (Å²) in [6, 6.07) is 0.500. The molecular weight excluding hydrogens is 190 g/mol. The van der Waals surface area contributed by atoms with E-state index >= 15 is 0 Å². The molecule has 0 bridgehead atoms. The third kappa shape index (κ3) is 2.45. The maximum atomic E-state index is 5.56. The van der Waals surface area contributed by atoms with Gasteiger partial charge in [-0.2, -0.15) is 4.98 Å². The van der Waals surface area contributed by atoms with Gasteiger partial charge < -0.3 is 10.5 Å². The standard InChI is InChI=1S/C11H17N3O/c1-2-15-11-13-7-9(5-6-12)10(14-11)8-3-4-8/h7-8H,2-6,12H2,1H3. The first-order valence-electron chi connectivity index (χ1n) is 5.53. The molecule has 1 heterocycles. The summed E-state index contributed by atoms with van der Waals surface area (Å²) in [6.45, 7) is 3.20. The molecule has 2 rings (SSSR count). The van der Waals surface area contributed by atoms with Crippen molar-refractivity contribution < 1.29 is 4.74 Å². The molecule has 1 fully saturated rings. The molecule has 1 aliphatic rings. The topological polar surface area (TPSA) is 61.0 Å². The van der Waals surface area contributed by atoms with Crippen molar-refractivity contribution in [2.45, 2.75) is 32.1 Å². The Balaban J connectivity index is 2.22. The van der Waals surface area contributed by atoms with Gasteiger partial charge in [0.2, 0.25) is 0 Å². The molecule has 1 aliphatic carbocycles. The Morgan fingerprint density at radius 2 is 2.33 bits per heavy atom. The van der Waals surface area contributed by atoms with Gasteiger partial charge in [-0.3, -0.25) is 0 Å². The molecule has 4 nitrogen and oxygen atoms in total. The normalized spacial score (nSPS) is 15.3. The zero-order valence-corrected chi connectivity index (χ0v) is 9.07. The van der Waals surface area contributed by atoms with E-state index in [0.29, 0.717) is 25.1 Å². The quantitative estimate of drug-likeness (QED) is 0.789. The Morgan fingerprint density at radius 3 is 2.93 bits per heavy atom. The highest BCUT2D eigenvalue weighted by atomic mass is 16.5. The second-order valence-electron chi connectivity index (χ2n) is 3.81. The largest absolute Gasteiger partial charge is 0.464 e. The van der Waals surface area contributed by atoms with Gasteiger partial charge in [-0.05, 0) is 38.3 Å². The molecule has 0 aromatic carbocycles. The van der Waals surface area contributed by atoms with E-state index in [9.17, 15) is 0 Å². The molecular formula is C11H17N3O. The zero-order valence-electron chi connectivity index (χ0n) is 9.07. The van der Waals surface area contributed by atoms with E-state index in [1.807, 2.05) is 13.1 Å². The van der Waals surface area contributed by atoms with Gasteiger partial charge in [0.05, 0.1) is 12.3 Å². The fourth-order valence-electron chi connectivity index (χ4n) is 1.66. The lowest BCUT2D eigenvalue weighted by Crippen LogP contribution is -2.08. The van der Waals surface area contributed by atoms with Crippen LogP contribution in [0.1, 0.15) is 36.9 Å². The molecule has 0 aliphatic heterocycles. The first kappa shape index (κ1) is 10.4. The Morgan fingerprint density at radius 1 is 1.53 bits per heavy atom. The van der Waals surface area contributed by atoms with Gasteiger partial charge >= 0.3 is 6.01 Å². The molecule has 0 unspecified atom stereocenters. The van der Waals surface area contributed by atoms with Crippen molar-refractivity contribution in [1.82, 2.24) is 9.97 Å². The Bertz CT molecular complexity index is 337. The minimum atomic E-state index is 0.500. The van der Waals surface area contributed by atoms with Crippen LogP contribution in [0.4, 0.5) is 0 Å². The number of ether oxygens (including phenoxy) is 1. The van der Waals surface area contributed by atoms with Gasteiger partial charge in [0.25, 0.3) is 0 Å². The average molecular weight is 207 g/mol. The number of aromatic nitrogens is 2. The van der Waals surface area contributed by atoms with Crippen LogP contribution in [-0.4, -0.2) is 23.1 Å². The lowest BCUT2D eigenvalue weighted by molar-refractivity contribution is 0.311. The summed E-state index contributed by atoms with van der Waals surface area (Å²) in [6.07, 6.45) is 5.19. The number of nitrogens with zero attached hydrogens (tertiary/aromatic N) is 2. The van der Waals surface area contributed by atoms with Crippen LogP contribution in [-0.2, 0) is 6.42 Å². The predicted molar refractivity (Wildman–Crippen MR) is 57.9 cm³/mol. The minimum absolute atomic E-state index is 0.500. The summed E-state index contributed by atoms with van der Waals surface area (Å²) in [4.78, 5) is 8.62. The van der Waals surface area contributed by atoms with Crippen molar-refractivity contribution in [2.24, 2.45) is 5.73 Å². The Hall–Kier alpha value is -1.16. The van der Waals surface area contributed by atoms with Crippen LogP contribution in [0.2, 0.25) is 0 Å². The monoisotopic (exact) mass is 207 g/mol. The maximum Gasteiger partial charge on any atom is 0.316 e. The van der Waals surface area contributed by atoms with Crippen LogP contribution >= 0.6 is 0 Å². The molecule has 2 N–H and O–H groups in total. The van der Waals surface area contributed by atoms with Crippen molar-refractivity contribution in [3.63, 3.8) is 0 Å². The van der Waals surface area contributed by atoms with Crippen LogP contribution in [0.15, 0.2) is 6.20 Å². The highest BCUT2D eigenvalue weighted by Crippen LogP contribution is 2.40. The van der Waals surface area contributed by atoms with Gasteiger partial charge in [-0.1, -0.05) is 0 Å². The minimum Gasteiger partial charge on any atom is -0.464 e. The van der Waals surface area contributed by atoms with Crippen LogP contribution < -0.4 is 10.5 Å². The Labute approximate surface area is 89.9 Å². The molecule has 1 saturated carbocycles. The molecule has 4 heteroatoms. The van der Waals surface area contributed by atoms with Crippen LogP contribution in [0.3, 0.4) is 0 Å². The lowest BCUT2D eigenvalue weighted by atomic mass is 10.1. The molecule has 1 aromatic rings. The van der Waals surface area contributed by atoms with E-state index in [-0.39, 0.29) is 0 Å². The SMILES string of the molecule is CCOc1ncc(CCN)c(C2CC2)n1. The zero-order chi connectivity index (χ0) is 10.7. The van der Waals surface area contributed by atoms with Crippen molar-refractivity contribution >= 4 is 0 Å². The van der Waals surface area contributed by atoms with Crippen LogP contribution in [0.5, 0.6) is 6.01 Å². The highest BCUT2D eigenvalue weighted by molar-refractivity contribution is 5.26. The first-order chi connectivity index (χ1) is 7.35. The molecule has 0 saturated heterocycles. The van der Waals surface area contributed by atoms with Gasteiger partial charge in [0.15, 0.2) is 0 Å². The lowest BCUT2D eigenvalue weighted by Gasteiger charge is -2.08. The van der Waals surface area contributed by atoms with E-state index in [2.05, 4.69) is 9.97 Å².